The van der Waals surface area contributed by atoms with Gasteiger partial charge in [-0.3, -0.25) is 0 Å². The number of hydrogen-bond acceptors (Lipinski definition) is 6. The molecular formula is C16H13BCl2O6. The lowest BCUT2D eigenvalue weighted by Crippen LogP contribution is -2.19. The monoisotopic (exact) mass is 382 g/mol. The second-order valence-corrected chi connectivity index (χ2v) is 6.14. The van der Waals surface area contributed by atoms with Crippen LogP contribution in [0, 0.1) is 0 Å². The molecule has 4 rings (SSSR count). The Labute approximate surface area is 154 Å². The third kappa shape index (κ3) is 3.48. The van der Waals surface area contributed by atoms with Crippen LogP contribution < -0.4 is 28.3 Å². The molecule has 0 aromatic heterocycles. The normalized spacial score (nSPS) is 14.6. The molecular weight excluding hydrogens is 370 g/mol. The molecule has 6 nitrogen and oxygen atoms in total. The van der Waals surface area contributed by atoms with Crippen molar-refractivity contribution in [1.82, 2.24) is 0 Å². The molecule has 25 heavy (non-hydrogen) atoms. The van der Waals surface area contributed by atoms with E-state index in [-0.39, 0.29) is 7.69 Å². The first-order chi connectivity index (χ1) is 12.2. The van der Waals surface area contributed by atoms with Gasteiger partial charge in [0.25, 0.3) is 0 Å². The van der Waals surface area contributed by atoms with Crippen LogP contribution in [0.15, 0.2) is 24.3 Å². The molecule has 2 aromatic rings. The van der Waals surface area contributed by atoms with Crippen molar-refractivity contribution in [3.8, 4) is 34.5 Å². The van der Waals surface area contributed by atoms with Gasteiger partial charge in [-0.15, -0.1) is 0 Å². The zero-order valence-corrected chi connectivity index (χ0v) is 14.6. The molecule has 0 N–H and O–H groups in total. The van der Waals surface area contributed by atoms with E-state index in [9.17, 15) is 0 Å². The number of ether oxygens (including phenoxy) is 4. The summed E-state index contributed by atoms with van der Waals surface area (Å²) >= 11 is 12.2. The van der Waals surface area contributed by atoms with Crippen molar-refractivity contribution in [2.45, 2.75) is 0 Å². The summed E-state index contributed by atoms with van der Waals surface area (Å²) < 4.78 is 33.6. The zero-order chi connectivity index (χ0) is 17.2. The fraction of sp³-hybridized carbons (Fsp3) is 0.250. The second kappa shape index (κ2) is 7.02. The third-order valence-corrected chi connectivity index (χ3v) is 4.01. The van der Waals surface area contributed by atoms with Gasteiger partial charge >= 0.3 is 7.69 Å². The minimum absolute atomic E-state index is 0.0910. The van der Waals surface area contributed by atoms with Gasteiger partial charge in [-0.1, -0.05) is 23.2 Å². The zero-order valence-electron chi connectivity index (χ0n) is 13.1. The van der Waals surface area contributed by atoms with Crippen molar-refractivity contribution in [1.29, 1.82) is 0 Å². The summed E-state index contributed by atoms with van der Waals surface area (Å²) in [6, 6.07) is 6.65. The largest absolute Gasteiger partial charge is 0.576 e. The highest BCUT2D eigenvalue weighted by atomic mass is 35.5. The van der Waals surface area contributed by atoms with E-state index in [0.29, 0.717) is 71.0 Å². The number of hydrogen-bond donors (Lipinski definition) is 0. The van der Waals surface area contributed by atoms with Gasteiger partial charge in [0.05, 0.1) is 0 Å². The van der Waals surface area contributed by atoms with Gasteiger partial charge in [0.15, 0.2) is 11.5 Å². The molecule has 2 aliphatic rings. The molecule has 0 unspecified atom stereocenters. The van der Waals surface area contributed by atoms with Crippen molar-refractivity contribution < 1.29 is 28.3 Å². The van der Waals surface area contributed by atoms with Crippen LogP contribution in [0.5, 0.6) is 34.5 Å². The van der Waals surface area contributed by atoms with Crippen molar-refractivity contribution in [3.05, 3.63) is 34.3 Å². The first-order valence-electron chi connectivity index (χ1n) is 7.64. The van der Waals surface area contributed by atoms with Gasteiger partial charge in [0.1, 0.15) is 37.9 Å². The fourth-order valence-corrected chi connectivity index (χ4v) is 2.95. The lowest BCUT2D eigenvalue weighted by atomic mass is 10.2. The molecule has 0 saturated carbocycles. The first-order valence-corrected chi connectivity index (χ1v) is 8.40. The van der Waals surface area contributed by atoms with Crippen LogP contribution in [-0.2, 0) is 0 Å². The lowest BCUT2D eigenvalue weighted by molar-refractivity contribution is 0.166. The van der Waals surface area contributed by atoms with Gasteiger partial charge < -0.3 is 28.3 Å². The number of rotatable bonds is 4. The van der Waals surface area contributed by atoms with E-state index in [1.807, 2.05) is 0 Å². The maximum atomic E-state index is 6.08. The summed E-state index contributed by atoms with van der Waals surface area (Å²) in [7, 11) is -0.0910. The molecule has 9 heteroatoms. The minimum Gasteiger partial charge on any atom is -0.526 e. The summed E-state index contributed by atoms with van der Waals surface area (Å²) in [6.45, 7) is 1.82. The van der Waals surface area contributed by atoms with Crippen molar-refractivity contribution >= 4 is 30.9 Å². The highest BCUT2D eigenvalue weighted by molar-refractivity contribution is 6.31. The average molecular weight is 383 g/mol. The van der Waals surface area contributed by atoms with E-state index in [4.69, 9.17) is 51.5 Å². The van der Waals surface area contributed by atoms with Crippen LogP contribution in [0.4, 0.5) is 0 Å². The topological polar surface area (TPSA) is 55.4 Å². The van der Waals surface area contributed by atoms with E-state index < -0.39 is 0 Å². The second-order valence-electron chi connectivity index (χ2n) is 5.26. The van der Waals surface area contributed by atoms with E-state index >= 15 is 0 Å². The van der Waals surface area contributed by atoms with Crippen LogP contribution >= 0.6 is 23.2 Å². The van der Waals surface area contributed by atoms with Crippen LogP contribution in [0.3, 0.4) is 0 Å². The Morgan fingerprint density at radius 2 is 1.12 bits per heavy atom. The Hall–Kier alpha value is -2.12. The van der Waals surface area contributed by atoms with E-state index in [1.165, 1.54) is 0 Å². The molecule has 0 atom stereocenters. The summed E-state index contributed by atoms with van der Waals surface area (Å²) in [5.41, 5.74) is 0. The van der Waals surface area contributed by atoms with Gasteiger partial charge in [0.2, 0.25) is 11.5 Å². The summed E-state index contributed by atoms with van der Waals surface area (Å²) in [5.74, 6) is 2.99. The molecule has 0 fully saturated rings. The predicted octanol–water partition coefficient (Wildman–Crippen LogP) is 3.26. The molecule has 0 amide bonds. The Bertz CT molecular complexity index is 735. The molecule has 2 aromatic carbocycles. The minimum atomic E-state index is -0.0910. The maximum Gasteiger partial charge on any atom is 0.576 e. The number of fused-ring (bicyclic) bond motifs is 2. The quantitative estimate of drug-likeness (QED) is 0.756. The summed E-state index contributed by atoms with van der Waals surface area (Å²) in [6.07, 6.45) is 0. The summed E-state index contributed by atoms with van der Waals surface area (Å²) in [4.78, 5) is 0. The number of halogens is 2. The average Bonchev–Trinajstić information content (AvgIpc) is 2.61. The molecule has 2 heterocycles. The molecule has 130 valence electrons. The van der Waals surface area contributed by atoms with Gasteiger partial charge in [-0.05, 0) is 0 Å². The predicted molar refractivity (Wildman–Crippen MR) is 93.3 cm³/mol. The van der Waals surface area contributed by atoms with E-state index in [0.717, 1.165) is 0 Å². The number of benzene rings is 2. The van der Waals surface area contributed by atoms with E-state index in [1.54, 1.807) is 24.3 Å². The molecule has 2 aliphatic heterocycles. The summed E-state index contributed by atoms with van der Waals surface area (Å²) in [5, 5.41) is 0.965. The van der Waals surface area contributed by atoms with E-state index in [2.05, 4.69) is 0 Å². The Morgan fingerprint density at radius 1 is 0.680 bits per heavy atom. The van der Waals surface area contributed by atoms with Gasteiger partial charge in [-0.2, -0.15) is 0 Å². The highest BCUT2D eigenvalue weighted by Crippen LogP contribution is 2.43. The van der Waals surface area contributed by atoms with Crippen molar-refractivity contribution in [2.24, 2.45) is 0 Å². The standard InChI is InChI=1S/C16H13BCl2O6/c18-9-5-11-15(22-3-1-20-11)13(7-9)24-17-25-14-8-10(19)6-12-16(14)23-4-2-21-12/h5-8,17H,1-4H2. The van der Waals surface area contributed by atoms with Crippen LogP contribution in [0.25, 0.3) is 0 Å². The lowest BCUT2D eigenvalue weighted by Gasteiger charge is -2.23. The molecule has 0 bridgehead atoms. The highest BCUT2D eigenvalue weighted by Gasteiger charge is 2.21. The maximum absolute atomic E-state index is 6.08. The van der Waals surface area contributed by atoms with Crippen LogP contribution in [0.2, 0.25) is 10.0 Å². The Balaban J connectivity index is 1.50. The molecule has 0 saturated heterocycles. The fourth-order valence-electron chi connectivity index (χ4n) is 2.55. The van der Waals surface area contributed by atoms with Gasteiger partial charge in [0, 0.05) is 34.3 Å². The smallest absolute Gasteiger partial charge is 0.526 e. The first kappa shape index (κ1) is 16.4. The van der Waals surface area contributed by atoms with Crippen molar-refractivity contribution in [3.63, 3.8) is 0 Å². The molecule has 0 aliphatic carbocycles. The Kier molecular flexibility index (Phi) is 4.59. The SMILES string of the molecule is Clc1cc(OBOc2cc(Cl)cc3c2OCCO3)c2c(c1)OCCO2. The Morgan fingerprint density at radius 3 is 1.60 bits per heavy atom. The van der Waals surface area contributed by atoms with Crippen LogP contribution in [-0.4, -0.2) is 34.1 Å². The van der Waals surface area contributed by atoms with Gasteiger partial charge in [-0.25, -0.2) is 0 Å². The van der Waals surface area contributed by atoms with Crippen LogP contribution in [0.1, 0.15) is 0 Å². The van der Waals surface area contributed by atoms with Crippen molar-refractivity contribution in [2.75, 3.05) is 26.4 Å². The third-order valence-electron chi connectivity index (χ3n) is 3.57. The molecule has 0 radical (unpaired) electrons. The molecule has 0 spiro atoms.